The van der Waals surface area contributed by atoms with Crippen molar-refractivity contribution in [3.63, 3.8) is 0 Å². The molecule has 2 aromatic carbocycles. The van der Waals surface area contributed by atoms with Gasteiger partial charge in [-0.1, -0.05) is 11.6 Å². The summed E-state index contributed by atoms with van der Waals surface area (Å²) in [7, 11) is 4.78. The van der Waals surface area contributed by atoms with Gasteiger partial charge >= 0.3 is 5.97 Å². The molecule has 0 fully saturated rings. The fraction of sp³-hybridized carbons (Fsp3) is 0.250. The van der Waals surface area contributed by atoms with Gasteiger partial charge in [0.1, 0.15) is 11.3 Å². The number of esters is 1. The van der Waals surface area contributed by atoms with Gasteiger partial charge in [-0.25, -0.2) is 4.79 Å². The molecule has 1 N–H and O–H groups in total. The van der Waals surface area contributed by atoms with Gasteiger partial charge in [-0.05, 0) is 43.3 Å². The number of benzene rings is 2. The second-order valence-electron chi connectivity index (χ2n) is 6.10. The fourth-order valence-electron chi connectivity index (χ4n) is 2.34. The van der Waals surface area contributed by atoms with E-state index >= 15 is 0 Å². The van der Waals surface area contributed by atoms with Crippen LogP contribution in [0, 0.1) is 6.92 Å². The molecule has 0 aliphatic heterocycles. The number of nitrogens with zero attached hydrogens (tertiary/aromatic N) is 1. The molecule has 0 bridgehead atoms. The van der Waals surface area contributed by atoms with Crippen molar-refractivity contribution in [1.29, 1.82) is 0 Å². The molecule has 142 valence electrons. The van der Waals surface area contributed by atoms with E-state index in [4.69, 9.17) is 9.47 Å². The maximum absolute atomic E-state index is 12.2. The minimum Gasteiger partial charge on any atom is -0.496 e. The SMILES string of the molecule is COc1ccc(C)cc1C(=O)OCC(=O)Nc1ccc(C(=O)N(C)C)cc1. The van der Waals surface area contributed by atoms with Gasteiger partial charge in [0.2, 0.25) is 0 Å². The van der Waals surface area contributed by atoms with Crippen LogP contribution in [0.4, 0.5) is 5.69 Å². The van der Waals surface area contributed by atoms with Crippen LogP contribution in [0.3, 0.4) is 0 Å². The zero-order chi connectivity index (χ0) is 20.0. The Morgan fingerprint density at radius 3 is 2.30 bits per heavy atom. The summed E-state index contributed by atoms with van der Waals surface area (Å²) in [5.74, 6) is -0.875. The molecule has 27 heavy (non-hydrogen) atoms. The first-order chi connectivity index (χ1) is 12.8. The van der Waals surface area contributed by atoms with Crippen LogP contribution in [-0.4, -0.2) is 50.5 Å². The average Bonchev–Trinajstić information content (AvgIpc) is 2.66. The third kappa shape index (κ3) is 5.31. The van der Waals surface area contributed by atoms with E-state index in [1.54, 1.807) is 50.5 Å². The number of rotatable bonds is 6. The highest BCUT2D eigenvalue weighted by Gasteiger charge is 2.16. The summed E-state index contributed by atoms with van der Waals surface area (Å²) in [6, 6.07) is 11.6. The lowest BCUT2D eigenvalue weighted by atomic mass is 10.1. The molecule has 0 saturated carbocycles. The van der Waals surface area contributed by atoms with Gasteiger partial charge < -0.3 is 19.7 Å². The minimum atomic E-state index is -0.641. The number of nitrogens with one attached hydrogen (secondary N) is 1. The molecule has 0 spiro atoms. The summed E-state index contributed by atoms with van der Waals surface area (Å²) in [4.78, 5) is 37.5. The van der Waals surface area contributed by atoms with E-state index < -0.39 is 18.5 Å². The highest BCUT2D eigenvalue weighted by Crippen LogP contribution is 2.20. The number of anilines is 1. The molecule has 0 aromatic heterocycles. The lowest BCUT2D eigenvalue weighted by molar-refractivity contribution is -0.119. The van der Waals surface area contributed by atoms with E-state index in [-0.39, 0.29) is 11.5 Å². The third-order valence-electron chi connectivity index (χ3n) is 3.73. The number of hydrogen-bond donors (Lipinski definition) is 1. The van der Waals surface area contributed by atoms with Crippen LogP contribution in [0.1, 0.15) is 26.3 Å². The molecule has 2 amide bonds. The van der Waals surface area contributed by atoms with E-state index in [2.05, 4.69) is 5.32 Å². The monoisotopic (exact) mass is 370 g/mol. The number of aryl methyl sites for hydroxylation is 1. The molecule has 0 unspecified atom stereocenters. The van der Waals surface area contributed by atoms with Gasteiger partial charge in [0.15, 0.2) is 6.61 Å². The standard InChI is InChI=1S/C20H22N2O5/c1-13-5-10-17(26-4)16(11-13)20(25)27-12-18(23)21-15-8-6-14(7-9-15)19(24)22(2)3/h5-11H,12H2,1-4H3,(H,21,23). The second kappa shape index (κ2) is 8.84. The van der Waals surface area contributed by atoms with Crippen LogP contribution in [0.25, 0.3) is 0 Å². The van der Waals surface area contributed by atoms with E-state index in [9.17, 15) is 14.4 Å². The Morgan fingerprint density at radius 2 is 1.70 bits per heavy atom. The molecule has 7 heteroatoms. The highest BCUT2D eigenvalue weighted by molar-refractivity contribution is 5.98. The molecule has 7 nitrogen and oxygen atoms in total. The maximum atomic E-state index is 12.2. The fourth-order valence-corrected chi connectivity index (χ4v) is 2.34. The molecular formula is C20H22N2O5. The summed E-state index contributed by atoms with van der Waals surface area (Å²) >= 11 is 0. The minimum absolute atomic E-state index is 0.131. The van der Waals surface area contributed by atoms with Crippen molar-refractivity contribution in [2.75, 3.05) is 33.1 Å². The Bertz CT molecular complexity index is 844. The van der Waals surface area contributed by atoms with Gasteiger partial charge in [0.25, 0.3) is 11.8 Å². The van der Waals surface area contributed by atoms with E-state index in [0.717, 1.165) is 5.56 Å². The lowest BCUT2D eigenvalue weighted by Crippen LogP contribution is -2.22. The normalized spacial score (nSPS) is 10.1. The quantitative estimate of drug-likeness (QED) is 0.790. The molecule has 2 aromatic rings. The van der Waals surface area contributed by atoms with Gasteiger partial charge in [0, 0.05) is 25.3 Å². The van der Waals surface area contributed by atoms with E-state index in [1.807, 2.05) is 13.0 Å². The van der Waals surface area contributed by atoms with Crippen LogP contribution in [-0.2, 0) is 9.53 Å². The van der Waals surface area contributed by atoms with Crippen molar-refractivity contribution < 1.29 is 23.9 Å². The van der Waals surface area contributed by atoms with Crippen LogP contribution < -0.4 is 10.1 Å². The van der Waals surface area contributed by atoms with Crippen molar-refractivity contribution in [3.05, 3.63) is 59.2 Å². The Morgan fingerprint density at radius 1 is 1.04 bits per heavy atom. The molecule has 0 heterocycles. The largest absolute Gasteiger partial charge is 0.496 e. The molecule has 0 radical (unpaired) electrons. The Hall–Kier alpha value is -3.35. The molecule has 0 atom stereocenters. The molecule has 0 saturated heterocycles. The number of ether oxygens (including phenoxy) is 2. The molecule has 0 aliphatic rings. The first-order valence-corrected chi connectivity index (χ1v) is 8.25. The predicted molar refractivity (Wildman–Crippen MR) is 101 cm³/mol. The number of hydrogen-bond acceptors (Lipinski definition) is 5. The first-order valence-electron chi connectivity index (χ1n) is 8.25. The second-order valence-corrected chi connectivity index (χ2v) is 6.10. The van der Waals surface area contributed by atoms with Gasteiger partial charge in [-0.2, -0.15) is 0 Å². The Kier molecular flexibility index (Phi) is 6.54. The summed E-state index contributed by atoms with van der Waals surface area (Å²) in [5.41, 5.74) is 2.15. The zero-order valence-electron chi connectivity index (χ0n) is 15.7. The van der Waals surface area contributed by atoms with Crippen LogP contribution in [0.5, 0.6) is 5.75 Å². The van der Waals surface area contributed by atoms with Crippen molar-refractivity contribution >= 4 is 23.5 Å². The zero-order valence-corrected chi connectivity index (χ0v) is 15.7. The summed E-state index contributed by atoms with van der Waals surface area (Å²) < 4.78 is 10.2. The third-order valence-corrected chi connectivity index (χ3v) is 3.73. The van der Waals surface area contributed by atoms with Crippen LogP contribution >= 0.6 is 0 Å². The molecular weight excluding hydrogens is 348 g/mol. The van der Waals surface area contributed by atoms with E-state index in [1.165, 1.54) is 12.0 Å². The van der Waals surface area contributed by atoms with Gasteiger partial charge in [-0.3, -0.25) is 9.59 Å². The first kappa shape index (κ1) is 20.0. The van der Waals surface area contributed by atoms with Gasteiger partial charge in [-0.15, -0.1) is 0 Å². The Labute approximate surface area is 157 Å². The van der Waals surface area contributed by atoms with Crippen molar-refractivity contribution in [2.45, 2.75) is 6.92 Å². The van der Waals surface area contributed by atoms with Crippen molar-refractivity contribution in [1.82, 2.24) is 4.90 Å². The number of carbonyl (C=O) groups excluding carboxylic acids is 3. The van der Waals surface area contributed by atoms with E-state index in [0.29, 0.717) is 17.0 Å². The number of carbonyl (C=O) groups is 3. The van der Waals surface area contributed by atoms with Crippen LogP contribution in [0.2, 0.25) is 0 Å². The van der Waals surface area contributed by atoms with Crippen molar-refractivity contribution in [2.24, 2.45) is 0 Å². The Balaban J connectivity index is 1.94. The summed E-state index contributed by atoms with van der Waals surface area (Å²) in [6.45, 7) is 1.40. The van der Waals surface area contributed by atoms with Crippen LogP contribution in [0.15, 0.2) is 42.5 Å². The maximum Gasteiger partial charge on any atom is 0.342 e. The summed E-state index contributed by atoms with van der Waals surface area (Å²) in [5, 5.41) is 2.61. The van der Waals surface area contributed by atoms with Gasteiger partial charge in [0.05, 0.1) is 7.11 Å². The number of methoxy groups -OCH3 is 1. The molecule has 2 rings (SSSR count). The smallest absolute Gasteiger partial charge is 0.342 e. The lowest BCUT2D eigenvalue weighted by Gasteiger charge is -2.11. The topological polar surface area (TPSA) is 84.9 Å². The highest BCUT2D eigenvalue weighted by atomic mass is 16.5. The predicted octanol–water partition coefficient (Wildman–Crippen LogP) is 2.50. The molecule has 0 aliphatic carbocycles. The summed E-state index contributed by atoms with van der Waals surface area (Å²) in [6.07, 6.45) is 0. The number of amides is 2. The average molecular weight is 370 g/mol. The van der Waals surface area contributed by atoms with Crippen molar-refractivity contribution in [3.8, 4) is 5.75 Å².